The summed E-state index contributed by atoms with van der Waals surface area (Å²) in [6.07, 6.45) is 0. The molecule has 1 atom stereocenters. The molecule has 0 spiro atoms. The molecular weight excluding hydrogens is 244 g/mol. The summed E-state index contributed by atoms with van der Waals surface area (Å²) >= 11 is 0. The molecule has 1 unspecified atom stereocenters. The van der Waals surface area contributed by atoms with Gasteiger partial charge in [0.15, 0.2) is 0 Å². The third kappa shape index (κ3) is 2.06. The minimum atomic E-state index is -1.03. The molecule has 0 amide bonds. The number of aliphatic carboxylic acids is 1. The molecule has 0 radical (unpaired) electrons. The number of nitrogens with zero attached hydrogens (tertiary/aromatic N) is 1. The molecule has 0 saturated carbocycles. The fourth-order valence-corrected chi connectivity index (χ4v) is 2.54. The van der Waals surface area contributed by atoms with Gasteiger partial charge in [-0.2, -0.15) is 0 Å². The van der Waals surface area contributed by atoms with Gasteiger partial charge in [-0.05, 0) is 32.0 Å². The predicted octanol–water partition coefficient (Wildman–Crippen LogP) is 2.06. The second kappa shape index (κ2) is 4.93. The zero-order valence-electron chi connectivity index (χ0n) is 11.3. The molecule has 102 valence electrons. The molecule has 5 nitrogen and oxygen atoms in total. The van der Waals surface area contributed by atoms with Crippen molar-refractivity contribution >= 4 is 16.9 Å². The van der Waals surface area contributed by atoms with Gasteiger partial charge in [0.2, 0.25) is 0 Å². The SMILES string of the molecule is CCn1c(C)c(C(N)C(=O)O)c2cc(OC)ccc21. The van der Waals surface area contributed by atoms with E-state index in [9.17, 15) is 4.79 Å². The van der Waals surface area contributed by atoms with Crippen LogP contribution in [0.3, 0.4) is 0 Å². The van der Waals surface area contributed by atoms with Gasteiger partial charge in [0.05, 0.1) is 7.11 Å². The number of carboxylic acids is 1. The molecule has 19 heavy (non-hydrogen) atoms. The second-order valence-corrected chi connectivity index (χ2v) is 4.44. The van der Waals surface area contributed by atoms with Gasteiger partial charge in [0.1, 0.15) is 11.8 Å². The summed E-state index contributed by atoms with van der Waals surface area (Å²) in [7, 11) is 1.58. The van der Waals surface area contributed by atoms with Gasteiger partial charge in [-0.25, -0.2) is 0 Å². The molecule has 3 N–H and O–H groups in total. The van der Waals surface area contributed by atoms with Crippen molar-refractivity contribution in [3.8, 4) is 5.75 Å². The van der Waals surface area contributed by atoms with E-state index in [0.717, 1.165) is 23.1 Å². The molecule has 2 rings (SSSR count). The molecule has 1 heterocycles. The summed E-state index contributed by atoms with van der Waals surface area (Å²) in [4.78, 5) is 11.2. The van der Waals surface area contributed by atoms with Crippen LogP contribution in [-0.4, -0.2) is 22.8 Å². The Bertz CT molecular complexity index is 631. The van der Waals surface area contributed by atoms with Gasteiger partial charge >= 0.3 is 5.97 Å². The third-order valence-corrected chi connectivity index (χ3v) is 3.47. The number of hydrogen-bond acceptors (Lipinski definition) is 3. The lowest BCUT2D eigenvalue weighted by Crippen LogP contribution is -2.21. The van der Waals surface area contributed by atoms with E-state index in [1.807, 2.05) is 32.0 Å². The van der Waals surface area contributed by atoms with Crippen molar-refractivity contribution in [1.29, 1.82) is 0 Å². The molecule has 0 saturated heterocycles. The summed E-state index contributed by atoms with van der Waals surface area (Å²) in [5.41, 5.74) is 8.34. The van der Waals surface area contributed by atoms with Gasteiger partial charge in [-0.1, -0.05) is 0 Å². The van der Waals surface area contributed by atoms with Crippen LogP contribution in [0.25, 0.3) is 10.9 Å². The molecule has 0 fully saturated rings. The van der Waals surface area contributed by atoms with Crippen molar-refractivity contribution < 1.29 is 14.6 Å². The quantitative estimate of drug-likeness (QED) is 0.884. The van der Waals surface area contributed by atoms with Crippen LogP contribution in [0.2, 0.25) is 0 Å². The summed E-state index contributed by atoms with van der Waals surface area (Å²) in [5.74, 6) is -0.333. The number of aryl methyl sites for hydroxylation is 1. The first-order chi connectivity index (χ1) is 9.01. The van der Waals surface area contributed by atoms with E-state index in [-0.39, 0.29) is 0 Å². The normalized spacial score (nSPS) is 12.6. The highest BCUT2D eigenvalue weighted by atomic mass is 16.5. The highest BCUT2D eigenvalue weighted by Crippen LogP contribution is 2.32. The number of fused-ring (bicyclic) bond motifs is 1. The first-order valence-corrected chi connectivity index (χ1v) is 6.16. The molecule has 2 aromatic rings. The van der Waals surface area contributed by atoms with Crippen LogP contribution in [-0.2, 0) is 11.3 Å². The van der Waals surface area contributed by atoms with E-state index in [1.165, 1.54) is 0 Å². The van der Waals surface area contributed by atoms with Crippen molar-refractivity contribution in [2.45, 2.75) is 26.4 Å². The van der Waals surface area contributed by atoms with Gasteiger partial charge < -0.3 is 20.1 Å². The summed E-state index contributed by atoms with van der Waals surface area (Å²) < 4.78 is 7.27. The Morgan fingerprint density at radius 3 is 2.74 bits per heavy atom. The first-order valence-electron chi connectivity index (χ1n) is 6.16. The van der Waals surface area contributed by atoms with Gasteiger partial charge in [0, 0.05) is 28.7 Å². The zero-order chi connectivity index (χ0) is 14.2. The number of ether oxygens (including phenoxy) is 1. The largest absolute Gasteiger partial charge is 0.497 e. The topological polar surface area (TPSA) is 77.5 Å². The number of hydrogen-bond donors (Lipinski definition) is 2. The van der Waals surface area contributed by atoms with E-state index < -0.39 is 12.0 Å². The van der Waals surface area contributed by atoms with Crippen LogP contribution in [0.15, 0.2) is 18.2 Å². The molecule has 5 heteroatoms. The van der Waals surface area contributed by atoms with E-state index in [2.05, 4.69) is 4.57 Å². The molecule has 0 aliphatic rings. The van der Waals surface area contributed by atoms with Crippen LogP contribution >= 0.6 is 0 Å². The number of nitrogens with two attached hydrogens (primary N) is 1. The second-order valence-electron chi connectivity index (χ2n) is 4.44. The lowest BCUT2D eigenvalue weighted by Gasteiger charge is -2.08. The fourth-order valence-electron chi connectivity index (χ4n) is 2.54. The summed E-state index contributed by atoms with van der Waals surface area (Å²) in [6.45, 7) is 4.68. The van der Waals surface area contributed by atoms with Crippen molar-refractivity contribution in [1.82, 2.24) is 4.57 Å². The Hall–Kier alpha value is -2.01. The summed E-state index contributed by atoms with van der Waals surface area (Å²) in [6, 6.07) is 4.61. The molecule has 0 aliphatic carbocycles. The van der Waals surface area contributed by atoms with Crippen molar-refractivity contribution in [2.24, 2.45) is 5.73 Å². The van der Waals surface area contributed by atoms with Crippen LogP contribution in [0, 0.1) is 6.92 Å². The van der Waals surface area contributed by atoms with Crippen molar-refractivity contribution in [3.05, 3.63) is 29.5 Å². The fraction of sp³-hybridized carbons (Fsp3) is 0.357. The number of carbonyl (C=O) groups is 1. The van der Waals surface area contributed by atoms with Crippen LogP contribution in [0.5, 0.6) is 5.75 Å². The van der Waals surface area contributed by atoms with Crippen molar-refractivity contribution in [2.75, 3.05) is 7.11 Å². The van der Waals surface area contributed by atoms with Gasteiger partial charge in [-0.3, -0.25) is 4.79 Å². The van der Waals surface area contributed by atoms with E-state index in [1.54, 1.807) is 7.11 Å². The Morgan fingerprint density at radius 2 is 2.21 bits per heavy atom. The average molecular weight is 262 g/mol. The number of benzene rings is 1. The Morgan fingerprint density at radius 1 is 1.53 bits per heavy atom. The maximum Gasteiger partial charge on any atom is 0.325 e. The molecule has 0 bridgehead atoms. The van der Waals surface area contributed by atoms with Crippen LogP contribution < -0.4 is 10.5 Å². The van der Waals surface area contributed by atoms with E-state index in [4.69, 9.17) is 15.6 Å². The Kier molecular flexibility index (Phi) is 3.48. The van der Waals surface area contributed by atoms with E-state index in [0.29, 0.717) is 11.3 Å². The van der Waals surface area contributed by atoms with Gasteiger partial charge in [-0.15, -0.1) is 0 Å². The molecular formula is C14H18N2O3. The molecule has 1 aromatic heterocycles. The average Bonchev–Trinajstić information content (AvgIpc) is 2.68. The number of rotatable bonds is 4. The van der Waals surface area contributed by atoms with E-state index >= 15 is 0 Å². The highest BCUT2D eigenvalue weighted by Gasteiger charge is 2.23. The predicted molar refractivity (Wildman–Crippen MR) is 73.5 cm³/mol. The number of methoxy groups -OCH3 is 1. The van der Waals surface area contributed by atoms with Crippen molar-refractivity contribution in [3.63, 3.8) is 0 Å². The maximum atomic E-state index is 11.2. The minimum Gasteiger partial charge on any atom is -0.497 e. The molecule has 1 aromatic carbocycles. The standard InChI is InChI=1S/C14H18N2O3/c1-4-16-8(2)12(13(15)14(17)18)10-7-9(19-3)5-6-11(10)16/h5-7,13H,4,15H2,1-3H3,(H,17,18). The maximum absolute atomic E-state index is 11.2. The summed E-state index contributed by atoms with van der Waals surface area (Å²) in [5, 5.41) is 10.0. The first kappa shape index (κ1) is 13.4. The highest BCUT2D eigenvalue weighted by molar-refractivity contribution is 5.91. The Labute approximate surface area is 111 Å². The zero-order valence-corrected chi connectivity index (χ0v) is 11.3. The third-order valence-electron chi connectivity index (χ3n) is 3.47. The monoisotopic (exact) mass is 262 g/mol. The lowest BCUT2D eigenvalue weighted by atomic mass is 10.0. The molecule has 0 aliphatic heterocycles. The van der Waals surface area contributed by atoms with Crippen LogP contribution in [0.1, 0.15) is 24.2 Å². The lowest BCUT2D eigenvalue weighted by molar-refractivity contribution is -0.138. The van der Waals surface area contributed by atoms with Crippen LogP contribution in [0.4, 0.5) is 0 Å². The Balaban J connectivity index is 2.79. The number of carboxylic acid groups (broad SMARTS) is 1. The smallest absolute Gasteiger partial charge is 0.325 e. The number of aromatic nitrogens is 1. The van der Waals surface area contributed by atoms with Gasteiger partial charge in [0.25, 0.3) is 0 Å². The minimum absolute atomic E-state index is 0.656.